The van der Waals surface area contributed by atoms with Crippen LogP contribution in [0.5, 0.6) is 0 Å². The molecule has 3 heteroatoms. The van der Waals surface area contributed by atoms with E-state index < -0.39 is 0 Å². The van der Waals surface area contributed by atoms with Crippen LogP contribution in [0.25, 0.3) is 0 Å². The minimum Gasteiger partial charge on any atom is -0.343 e. The van der Waals surface area contributed by atoms with E-state index in [2.05, 4.69) is 6.66 Å². The van der Waals surface area contributed by atoms with Crippen LogP contribution in [0.1, 0.15) is 32.6 Å². The minimum atomic E-state index is 0.211. The average Bonchev–Trinajstić information content (AvgIpc) is 2.17. The smallest absolute Gasteiger partial charge is 0.219 e. The van der Waals surface area contributed by atoms with Crippen molar-refractivity contribution in [2.24, 2.45) is 0 Å². The van der Waals surface area contributed by atoms with Gasteiger partial charge in [0.15, 0.2) is 0 Å². The number of carbonyl (C=O) groups is 1. The summed E-state index contributed by atoms with van der Waals surface area (Å²) in [4.78, 5) is 13.0. The summed E-state index contributed by atoms with van der Waals surface area (Å²) < 4.78 is 0. The summed E-state index contributed by atoms with van der Waals surface area (Å²) >= 11 is 0. The van der Waals surface area contributed by atoms with E-state index >= 15 is 0 Å². The van der Waals surface area contributed by atoms with Crippen molar-refractivity contribution >= 4 is 14.5 Å². The molecule has 1 fully saturated rings. The van der Waals surface area contributed by atoms with Gasteiger partial charge >= 0.3 is 0 Å². The second-order valence-electron chi connectivity index (χ2n) is 3.92. The quantitative estimate of drug-likeness (QED) is 0.626. The van der Waals surface area contributed by atoms with Crippen molar-refractivity contribution in [3.05, 3.63) is 0 Å². The molecule has 0 saturated heterocycles. The molecule has 1 aliphatic carbocycles. The third-order valence-corrected chi connectivity index (χ3v) is 4.54. The van der Waals surface area contributed by atoms with Crippen molar-refractivity contribution in [3.8, 4) is 0 Å². The molecule has 1 unspecified atom stereocenters. The Labute approximate surface area is 82.9 Å². The summed E-state index contributed by atoms with van der Waals surface area (Å²) in [6.07, 6.45) is 5.05. The summed E-state index contributed by atoms with van der Waals surface area (Å²) in [5.41, 5.74) is 0.941. The van der Waals surface area contributed by atoms with Gasteiger partial charge in [0, 0.05) is 20.0 Å². The third-order valence-electron chi connectivity index (χ3n) is 3.15. The van der Waals surface area contributed by atoms with E-state index in [9.17, 15) is 4.79 Å². The van der Waals surface area contributed by atoms with Crippen LogP contribution in [0.2, 0.25) is 0 Å². The lowest BCUT2D eigenvalue weighted by Gasteiger charge is -2.33. The summed E-state index contributed by atoms with van der Waals surface area (Å²) in [7, 11) is 3.01. The highest BCUT2D eigenvalue weighted by molar-refractivity contribution is 7.37. The number of hydrogen-bond acceptors (Lipinski definition) is 1. The maximum Gasteiger partial charge on any atom is 0.219 e. The molecule has 2 nitrogen and oxygen atoms in total. The van der Waals surface area contributed by atoms with Gasteiger partial charge in [0.1, 0.15) is 0 Å². The van der Waals surface area contributed by atoms with Gasteiger partial charge in [0.2, 0.25) is 5.91 Å². The molecule has 1 atom stereocenters. The second kappa shape index (κ2) is 4.95. The Hall–Kier alpha value is -0.100. The Morgan fingerprint density at radius 1 is 1.31 bits per heavy atom. The topological polar surface area (TPSA) is 20.3 Å². The molecule has 1 saturated carbocycles. The van der Waals surface area contributed by atoms with Crippen molar-refractivity contribution < 1.29 is 4.79 Å². The average molecular weight is 201 g/mol. The normalized spacial score (nSPS) is 29.5. The number of rotatable bonds is 2. The Bertz CT molecular complexity index is 176. The molecule has 0 spiro atoms. The van der Waals surface area contributed by atoms with Crippen LogP contribution < -0.4 is 0 Å². The molecule has 0 radical (unpaired) electrons. The van der Waals surface area contributed by atoms with Gasteiger partial charge in [0.05, 0.1) is 0 Å². The maximum atomic E-state index is 11.1. The number of hydrogen-bond donors (Lipinski definition) is 0. The van der Waals surface area contributed by atoms with Gasteiger partial charge in [-0.25, -0.2) is 0 Å². The van der Waals surface area contributed by atoms with Gasteiger partial charge in [-0.1, -0.05) is 0 Å². The van der Waals surface area contributed by atoms with E-state index in [1.54, 1.807) is 6.92 Å². The second-order valence-corrected chi connectivity index (χ2v) is 5.32. The van der Waals surface area contributed by atoms with E-state index in [1.165, 1.54) is 25.7 Å². The minimum absolute atomic E-state index is 0.211. The number of amides is 1. The molecule has 76 valence electrons. The summed E-state index contributed by atoms with van der Waals surface area (Å²) in [5, 5.41) is 0. The fourth-order valence-corrected chi connectivity index (χ4v) is 2.92. The van der Waals surface area contributed by atoms with Crippen LogP contribution in [0, 0.1) is 0 Å². The van der Waals surface area contributed by atoms with E-state index in [0.717, 1.165) is 14.2 Å². The van der Waals surface area contributed by atoms with Crippen LogP contribution in [-0.4, -0.2) is 36.2 Å². The van der Waals surface area contributed by atoms with Gasteiger partial charge in [-0.3, -0.25) is 4.79 Å². The van der Waals surface area contributed by atoms with Gasteiger partial charge in [-0.2, -0.15) is 0 Å². The van der Waals surface area contributed by atoms with Gasteiger partial charge in [-0.15, -0.1) is 8.58 Å². The lowest BCUT2D eigenvalue weighted by atomic mass is 9.94. The van der Waals surface area contributed by atoms with Crippen LogP contribution in [-0.2, 0) is 4.79 Å². The Kier molecular flexibility index (Phi) is 4.18. The number of nitrogens with zero attached hydrogens (tertiary/aromatic N) is 1. The first kappa shape index (κ1) is 11.0. The van der Waals surface area contributed by atoms with Crippen LogP contribution >= 0.6 is 8.58 Å². The van der Waals surface area contributed by atoms with Crippen molar-refractivity contribution in [2.75, 3.05) is 13.7 Å². The molecule has 1 aliphatic rings. The molecular weight excluding hydrogens is 181 g/mol. The predicted octanol–water partition coefficient (Wildman–Crippen LogP) is 2.08. The molecule has 1 amide bonds. The largest absolute Gasteiger partial charge is 0.343 e. The highest BCUT2D eigenvalue weighted by Crippen LogP contribution is 2.32. The zero-order valence-electron chi connectivity index (χ0n) is 8.84. The lowest BCUT2D eigenvalue weighted by Crippen LogP contribution is -2.38. The Morgan fingerprint density at radius 2 is 1.85 bits per heavy atom. The number of carbonyl (C=O) groups excluding carboxylic acids is 1. The molecule has 0 aliphatic heterocycles. The molecule has 0 aromatic carbocycles. The van der Waals surface area contributed by atoms with E-state index in [-0.39, 0.29) is 5.91 Å². The highest BCUT2D eigenvalue weighted by atomic mass is 31.1. The fourth-order valence-electron chi connectivity index (χ4n) is 2.01. The van der Waals surface area contributed by atoms with Crippen molar-refractivity contribution in [2.45, 2.75) is 44.3 Å². The summed E-state index contributed by atoms with van der Waals surface area (Å²) in [5.74, 6) is 0.211. The Morgan fingerprint density at radius 3 is 2.23 bits per heavy atom. The van der Waals surface area contributed by atoms with Crippen molar-refractivity contribution in [1.82, 2.24) is 4.90 Å². The molecule has 0 bridgehead atoms. The molecular formula is C10H20NOP. The molecule has 0 N–H and O–H groups in total. The van der Waals surface area contributed by atoms with Crippen LogP contribution in [0.3, 0.4) is 0 Å². The Balaban J connectivity index is 2.36. The van der Waals surface area contributed by atoms with E-state index in [4.69, 9.17) is 0 Å². The monoisotopic (exact) mass is 201 g/mol. The summed E-state index contributed by atoms with van der Waals surface area (Å²) in [6.45, 7) is 3.95. The van der Waals surface area contributed by atoms with Crippen LogP contribution in [0.15, 0.2) is 0 Å². The predicted molar refractivity (Wildman–Crippen MR) is 58.7 cm³/mol. The zero-order chi connectivity index (χ0) is 9.84. The van der Waals surface area contributed by atoms with E-state index in [0.29, 0.717) is 6.04 Å². The van der Waals surface area contributed by atoms with Crippen LogP contribution in [0.4, 0.5) is 0 Å². The first-order valence-electron chi connectivity index (χ1n) is 5.05. The zero-order valence-corrected chi connectivity index (χ0v) is 9.84. The maximum absolute atomic E-state index is 11.1. The molecule has 13 heavy (non-hydrogen) atoms. The van der Waals surface area contributed by atoms with Crippen molar-refractivity contribution in [3.63, 3.8) is 0 Å². The first-order valence-corrected chi connectivity index (χ1v) is 6.63. The molecule has 0 aromatic rings. The van der Waals surface area contributed by atoms with Gasteiger partial charge in [0.25, 0.3) is 0 Å². The molecule has 0 heterocycles. The van der Waals surface area contributed by atoms with Gasteiger partial charge in [-0.05, 0) is 38.0 Å². The summed E-state index contributed by atoms with van der Waals surface area (Å²) in [6, 6.07) is 0.519. The van der Waals surface area contributed by atoms with Crippen molar-refractivity contribution in [1.29, 1.82) is 0 Å². The SMILES string of the molecule is CPC1CCC(N(C)C(C)=O)CC1. The lowest BCUT2D eigenvalue weighted by molar-refractivity contribution is -0.130. The van der Waals surface area contributed by atoms with E-state index in [1.807, 2.05) is 11.9 Å². The fraction of sp³-hybridized carbons (Fsp3) is 0.900. The highest BCUT2D eigenvalue weighted by Gasteiger charge is 2.23. The standard InChI is InChI=1S/C10H20NOP/c1-8(12)11(2)9-4-6-10(13-3)7-5-9/h9-10,13H,4-7H2,1-3H3. The molecule has 1 rings (SSSR count). The third kappa shape index (κ3) is 2.95. The molecule has 0 aromatic heterocycles. The first-order chi connectivity index (χ1) is 6.15. The van der Waals surface area contributed by atoms with Gasteiger partial charge < -0.3 is 4.90 Å².